The number of ether oxygens (including phenoxy) is 1. The number of urea groups is 1. The van der Waals surface area contributed by atoms with E-state index in [1.54, 1.807) is 30.3 Å². The van der Waals surface area contributed by atoms with Gasteiger partial charge in [-0.2, -0.15) is 0 Å². The van der Waals surface area contributed by atoms with Crippen molar-refractivity contribution in [3.63, 3.8) is 0 Å². The van der Waals surface area contributed by atoms with Gasteiger partial charge >= 0.3 is 12.0 Å². The lowest BCUT2D eigenvalue weighted by atomic mass is 10.0. The van der Waals surface area contributed by atoms with Gasteiger partial charge in [0, 0.05) is 10.7 Å². The van der Waals surface area contributed by atoms with E-state index in [4.69, 9.17) is 22.1 Å². The molecule has 2 rings (SSSR count). The van der Waals surface area contributed by atoms with E-state index in [0.29, 0.717) is 16.3 Å². The number of nitrogens with two attached hydrogens (primary N) is 1. The van der Waals surface area contributed by atoms with Crippen molar-refractivity contribution in [2.45, 2.75) is 26.3 Å². The second-order valence-corrected chi connectivity index (χ2v) is 6.76. The number of hydrogen-bond acceptors (Lipinski definition) is 4. The molecule has 4 N–H and O–H groups in total. The van der Waals surface area contributed by atoms with Gasteiger partial charge in [0.1, 0.15) is 0 Å². The van der Waals surface area contributed by atoms with E-state index < -0.39 is 30.6 Å². The van der Waals surface area contributed by atoms with Crippen molar-refractivity contribution >= 4 is 35.2 Å². The average molecular weight is 404 g/mol. The molecule has 8 heteroatoms. The predicted octanol–water partition coefficient (Wildman–Crippen LogP) is 3.24. The van der Waals surface area contributed by atoms with E-state index in [9.17, 15) is 14.4 Å². The molecular weight excluding hydrogens is 382 g/mol. The van der Waals surface area contributed by atoms with Gasteiger partial charge in [-0.15, -0.1) is 0 Å². The fourth-order valence-corrected chi connectivity index (χ4v) is 2.63. The molecule has 2 aromatic rings. The van der Waals surface area contributed by atoms with Crippen LogP contribution < -0.4 is 16.4 Å². The van der Waals surface area contributed by atoms with Crippen LogP contribution in [0.15, 0.2) is 42.5 Å². The Morgan fingerprint density at radius 1 is 1.07 bits per heavy atom. The zero-order chi connectivity index (χ0) is 20.7. The molecule has 28 heavy (non-hydrogen) atoms. The quantitative estimate of drug-likeness (QED) is 0.616. The van der Waals surface area contributed by atoms with Crippen LogP contribution in [0.25, 0.3) is 0 Å². The van der Waals surface area contributed by atoms with Gasteiger partial charge in [0.05, 0.1) is 12.5 Å². The summed E-state index contributed by atoms with van der Waals surface area (Å²) >= 11 is 5.85. The summed E-state index contributed by atoms with van der Waals surface area (Å²) in [5.41, 5.74) is 8.59. The second-order valence-electron chi connectivity index (χ2n) is 6.32. The number of aryl methyl sites for hydroxylation is 2. The van der Waals surface area contributed by atoms with Crippen LogP contribution in [0.2, 0.25) is 5.02 Å². The van der Waals surface area contributed by atoms with Crippen LogP contribution in [0.1, 0.15) is 29.2 Å². The van der Waals surface area contributed by atoms with Crippen LogP contribution in [0.4, 0.5) is 10.5 Å². The fraction of sp³-hybridized carbons (Fsp3) is 0.250. The summed E-state index contributed by atoms with van der Waals surface area (Å²) in [4.78, 5) is 35.3. The summed E-state index contributed by atoms with van der Waals surface area (Å²) in [5.74, 6) is -1.11. The van der Waals surface area contributed by atoms with E-state index in [1.807, 2.05) is 26.0 Å². The van der Waals surface area contributed by atoms with Crippen LogP contribution in [-0.4, -0.2) is 24.5 Å². The lowest BCUT2D eigenvalue weighted by Gasteiger charge is -2.17. The van der Waals surface area contributed by atoms with Gasteiger partial charge in [-0.1, -0.05) is 29.8 Å². The summed E-state index contributed by atoms with van der Waals surface area (Å²) in [6.45, 7) is 3.48. The summed E-state index contributed by atoms with van der Waals surface area (Å²) in [6.07, 6.45) is -0.179. The standard InChI is InChI=1S/C20H22ClN3O4/c1-12-3-8-16(9-13(12)2)23-18(25)11-28-19(26)10-17(24-20(22)27)14-4-6-15(21)7-5-14/h3-9,17H,10-11H2,1-2H3,(H,23,25)(H3,22,24,27)/t17-/m1/s1. The molecular formula is C20H22ClN3O4. The van der Waals surface area contributed by atoms with E-state index in [-0.39, 0.29) is 6.42 Å². The van der Waals surface area contributed by atoms with Crippen molar-refractivity contribution in [2.75, 3.05) is 11.9 Å². The van der Waals surface area contributed by atoms with Gasteiger partial charge in [-0.25, -0.2) is 4.79 Å². The first-order chi connectivity index (χ1) is 13.2. The Morgan fingerprint density at radius 2 is 1.75 bits per heavy atom. The number of amides is 3. The fourth-order valence-electron chi connectivity index (χ4n) is 2.51. The van der Waals surface area contributed by atoms with Gasteiger partial charge in [-0.3, -0.25) is 9.59 Å². The van der Waals surface area contributed by atoms with Crippen LogP contribution in [0, 0.1) is 13.8 Å². The normalized spacial score (nSPS) is 11.4. The Labute approximate surface area is 168 Å². The number of rotatable bonds is 7. The van der Waals surface area contributed by atoms with E-state index in [1.165, 1.54) is 0 Å². The lowest BCUT2D eigenvalue weighted by Crippen LogP contribution is -2.35. The van der Waals surface area contributed by atoms with E-state index >= 15 is 0 Å². The third-order valence-electron chi connectivity index (χ3n) is 4.11. The molecule has 0 aliphatic heterocycles. The van der Waals surface area contributed by atoms with Crippen LogP contribution in [0.3, 0.4) is 0 Å². The number of hydrogen-bond donors (Lipinski definition) is 3. The minimum Gasteiger partial charge on any atom is -0.455 e. The third kappa shape index (κ3) is 6.59. The molecule has 0 unspecified atom stereocenters. The molecule has 148 valence electrons. The number of anilines is 1. The van der Waals surface area contributed by atoms with Gasteiger partial charge in [0.25, 0.3) is 5.91 Å². The molecule has 0 saturated heterocycles. The number of carbonyl (C=O) groups is 3. The number of nitrogens with one attached hydrogen (secondary N) is 2. The first-order valence-corrected chi connectivity index (χ1v) is 8.96. The maximum absolute atomic E-state index is 12.1. The number of primary amides is 1. The Kier molecular flexibility index (Phi) is 7.40. The Morgan fingerprint density at radius 3 is 2.36 bits per heavy atom. The Bertz CT molecular complexity index is 868. The van der Waals surface area contributed by atoms with Crippen molar-refractivity contribution in [3.05, 3.63) is 64.2 Å². The van der Waals surface area contributed by atoms with Crippen LogP contribution in [0.5, 0.6) is 0 Å². The van der Waals surface area contributed by atoms with Crippen LogP contribution >= 0.6 is 11.6 Å². The van der Waals surface area contributed by atoms with Gasteiger partial charge in [0.2, 0.25) is 0 Å². The Balaban J connectivity index is 1.90. The topological polar surface area (TPSA) is 111 Å². The second kappa shape index (κ2) is 9.75. The van der Waals surface area contributed by atoms with Gasteiger partial charge in [-0.05, 0) is 54.8 Å². The summed E-state index contributed by atoms with van der Waals surface area (Å²) in [7, 11) is 0. The molecule has 1 atom stereocenters. The van der Waals surface area contributed by atoms with Crippen molar-refractivity contribution in [2.24, 2.45) is 5.73 Å². The lowest BCUT2D eigenvalue weighted by molar-refractivity contribution is -0.147. The maximum atomic E-state index is 12.1. The number of esters is 1. The minimum absolute atomic E-state index is 0.179. The van der Waals surface area contributed by atoms with E-state index in [2.05, 4.69) is 10.6 Å². The highest BCUT2D eigenvalue weighted by Crippen LogP contribution is 2.20. The molecule has 0 aromatic heterocycles. The maximum Gasteiger partial charge on any atom is 0.312 e. The molecule has 0 fully saturated rings. The van der Waals surface area contributed by atoms with Gasteiger partial charge < -0.3 is 21.1 Å². The largest absolute Gasteiger partial charge is 0.455 e. The molecule has 0 radical (unpaired) electrons. The van der Waals surface area contributed by atoms with Crippen molar-refractivity contribution in [1.82, 2.24) is 5.32 Å². The molecule has 0 saturated carbocycles. The summed E-state index contributed by atoms with van der Waals surface area (Å²) in [5, 5.41) is 5.67. The highest BCUT2D eigenvalue weighted by atomic mass is 35.5. The molecule has 2 aromatic carbocycles. The molecule has 0 bridgehead atoms. The summed E-state index contributed by atoms with van der Waals surface area (Å²) in [6, 6.07) is 10.6. The monoisotopic (exact) mass is 403 g/mol. The first kappa shape index (κ1) is 21.2. The number of benzene rings is 2. The predicted molar refractivity (Wildman–Crippen MR) is 107 cm³/mol. The molecule has 0 spiro atoms. The number of halogens is 1. The zero-order valence-electron chi connectivity index (χ0n) is 15.6. The van der Waals surface area contributed by atoms with Crippen molar-refractivity contribution in [1.29, 1.82) is 0 Å². The number of carbonyl (C=O) groups excluding carboxylic acids is 3. The van der Waals surface area contributed by atoms with E-state index in [0.717, 1.165) is 11.1 Å². The van der Waals surface area contributed by atoms with Crippen molar-refractivity contribution < 1.29 is 19.1 Å². The van der Waals surface area contributed by atoms with Gasteiger partial charge in [0.15, 0.2) is 6.61 Å². The Hall–Kier alpha value is -3.06. The highest BCUT2D eigenvalue weighted by Gasteiger charge is 2.19. The molecule has 0 heterocycles. The zero-order valence-corrected chi connectivity index (χ0v) is 16.4. The molecule has 0 aliphatic carbocycles. The average Bonchev–Trinajstić information content (AvgIpc) is 2.63. The summed E-state index contributed by atoms with van der Waals surface area (Å²) < 4.78 is 5.02. The third-order valence-corrected chi connectivity index (χ3v) is 4.37. The van der Waals surface area contributed by atoms with Crippen LogP contribution in [-0.2, 0) is 14.3 Å². The smallest absolute Gasteiger partial charge is 0.312 e. The first-order valence-electron chi connectivity index (χ1n) is 8.58. The minimum atomic E-state index is -0.778. The highest BCUT2D eigenvalue weighted by molar-refractivity contribution is 6.30. The molecule has 7 nitrogen and oxygen atoms in total. The SMILES string of the molecule is Cc1ccc(NC(=O)COC(=O)C[C@@H](NC(N)=O)c2ccc(Cl)cc2)cc1C. The molecule has 3 amide bonds. The molecule has 0 aliphatic rings. The van der Waals surface area contributed by atoms with Crippen molar-refractivity contribution in [3.8, 4) is 0 Å².